The Labute approximate surface area is 194 Å². The minimum Gasteiger partial charge on any atom is -0.335 e. The molecular weight excluding hydrogens is 468 g/mol. The van der Waals surface area contributed by atoms with Crippen molar-refractivity contribution in [2.45, 2.75) is 13.5 Å². The van der Waals surface area contributed by atoms with E-state index in [1.165, 1.54) is 5.56 Å². The van der Waals surface area contributed by atoms with Gasteiger partial charge >= 0.3 is 0 Å². The van der Waals surface area contributed by atoms with E-state index in [9.17, 15) is 4.79 Å². The Bertz CT molecular complexity index is 1270. The molecule has 0 aliphatic carbocycles. The standard InChI is InChI=1S/C24H23BrN6O/c1-17-22(27-28-31(17)21-9-3-8-20(25)15-21)24(32)30-13-11-29(12-14-30)16-19-6-2-5-18-7-4-10-26-23(18)19/h2-10,15H,11-14,16H2,1H3. The summed E-state index contributed by atoms with van der Waals surface area (Å²) in [6.07, 6.45) is 1.84. The van der Waals surface area contributed by atoms with Crippen LogP contribution in [0.25, 0.3) is 16.6 Å². The monoisotopic (exact) mass is 490 g/mol. The Balaban J connectivity index is 1.26. The van der Waals surface area contributed by atoms with Crippen LogP contribution < -0.4 is 0 Å². The quantitative estimate of drug-likeness (QED) is 0.434. The molecule has 1 amide bonds. The van der Waals surface area contributed by atoms with E-state index in [1.54, 1.807) is 4.68 Å². The molecule has 3 heterocycles. The van der Waals surface area contributed by atoms with E-state index >= 15 is 0 Å². The summed E-state index contributed by atoms with van der Waals surface area (Å²) in [6, 6.07) is 18.2. The molecule has 0 spiro atoms. The van der Waals surface area contributed by atoms with E-state index in [-0.39, 0.29) is 5.91 Å². The number of carbonyl (C=O) groups excluding carboxylic acids is 1. The molecule has 5 rings (SSSR count). The van der Waals surface area contributed by atoms with Crippen LogP contribution >= 0.6 is 15.9 Å². The fraction of sp³-hybridized carbons (Fsp3) is 0.250. The molecule has 8 heteroatoms. The minimum atomic E-state index is -0.0600. The number of carbonyl (C=O) groups is 1. The topological polar surface area (TPSA) is 67.2 Å². The Morgan fingerprint density at radius 2 is 1.81 bits per heavy atom. The Kier molecular flexibility index (Phi) is 5.71. The van der Waals surface area contributed by atoms with Crippen LogP contribution in [0.4, 0.5) is 0 Å². The summed E-state index contributed by atoms with van der Waals surface area (Å²) in [7, 11) is 0. The first-order chi connectivity index (χ1) is 15.6. The van der Waals surface area contributed by atoms with Crippen LogP contribution in [0.3, 0.4) is 0 Å². The van der Waals surface area contributed by atoms with E-state index in [0.717, 1.165) is 46.4 Å². The number of amides is 1. The van der Waals surface area contributed by atoms with Crippen molar-refractivity contribution in [3.63, 3.8) is 0 Å². The molecule has 1 fully saturated rings. The van der Waals surface area contributed by atoms with Gasteiger partial charge in [0, 0.05) is 48.8 Å². The first kappa shape index (κ1) is 20.8. The van der Waals surface area contributed by atoms with Gasteiger partial charge in [-0.2, -0.15) is 0 Å². The molecule has 32 heavy (non-hydrogen) atoms. The van der Waals surface area contributed by atoms with Gasteiger partial charge in [0.25, 0.3) is 5.91 Å². The lowest BCUT2D eigenvalue weighted by atomic mass is 10.1. The summed E-state index contributed by atoms with van der Waals surface area (Å²) < 4.78 is 2.66. The van der Waals surface area contributed by atoms with Gasteiger partial charge in [0.15, 0.2) is 5.69 Å². The van der Waals surface area contributed by atoms with Crippen molar-refractivity contribution in [2.24, 2.45) is 0 Å². The molecule has 4 aromatic rings. The molecule has 1 aliphatic heterocycles. The van der Waals surface area contributed by atoms with Crippen LogP contribution in [0.5, 0.6) is 0 Å². The summed E-state index contributed by atoms with van der Waals surface area (Å²) in [5.41, 5.74) is 4.30. The van der Waals surface area contributed by atoms with Gasteiger partial charge in [-0.1, -0.05) is 51.5 Å². The number of hydrogen-bond donors (Lipinski definition) is 0. The van der Waals surface area contributed by atoms with Gasteiger partial charge < -0.3 is 4.90 Å². The first-order valence-electron chi connectivity index (χ1n) is 10.6. The molecule has 2 aromatic heterocycles. The molecule has 0 radical (unpaired) electrons. The fourth-order valence-electron chi connectivity index (χ4n) is 4.17. The van der Waals surface area contributed by atoms with Gasteiger partial charge in [0.05, 0.1) is 16.9 Å². The largest absolute Gasteiger partial charge is 0.335 e. The maximum absolute atomic E-state index is 13.1. The van der Waals surface area contributed by atoms with Crippen LogP contribution in [0.1, 0.15) is 21.7 Å². The lowest BCUT2D eigenvalue weighted by Crippen LogP contribution is -2.48. The number of pyridine rings is 1. The molecule has 162 valence electrons. The highest BCUT2D eigenvalue weighted by atomic mass is 79.9. The van der Waals surface area contributed by atoms with Crippen LogP contribution in [0.2, 0.25) is 0 Å². The zero-order chi connectivity index (χ0) is 22.1. The molecule has 1 aliphatic rings. The van der Waals surface area contributed by atoms with Crippen molar-refractivity contribution in [2.75, 3.05) is 26.2 Å². The van der Waals surface area contributed by atoms with E-state index in [2.05, 4.69) is 60.4 Å². The second kappa shape index (κ2) is 8.80. The number of benzene rings is 2. The van der Waals surface area contributed by atoms with Crippen LogP contribution in [-0.2, 0) is 6.54 Å². The van der Waals surface area contributed by atoms with Gasteiger partial charge in [0.1, 0.15) is 0 Å². The molecule has 0 saturated carbocycles. The average molecular weight is 491 g/mol. The van der Waals surface area contributed by atoms with Gasteiger partial charge in [0.2, 0.25) is 0 Å². The van der Waals surface area contributed by atoms with Crippen molar-refractivity contribution < 1.29 is 4.79 Å². The van der Waals surface area contributed by atoms with Crippen molar-refractivity contribution in [3.8, 4) is 5.69 Å². The molecule has 0 N–H and O–H groups in total. The number of para-hydroxylation sites is 1. The summed E-state index contributed by atoms with van der Waals surface area (Å²) in [5, 5.41) is 9.58. The second-order valence-corrected chi connectivity index (χ2v) is 8.89. The minimum absolute atomic E-state index is 0.0600. The highest BCUT2D eigenvalue weighted by Crippen LogP contribution is 2.20. The Morgan fingerprint density at radius 1 is 1.03 bits per heavy atom. The Hall–Kier alpha value is -3.10. The SMILES string of the molecule is Cc1c(C(=O)N2CCN(Cc3cccc4cccnc34)CC2)nnn1-c1cccc(Br)c1. The maximum atomic E-state index is 13.1. The number of hydrogen-bond acceptors (Lipinski definition) is 5. The highest BCUT2D eigenvalue weighted by Gasteiger charge is 2.26. The van der Waals surface area contributed by atoms with Crippen LogP contribution in [0.15, 0.2) is 65.3 Å². The average Bonchev–Trinajstić information content (AvgIpc) is 3.20. The number of fused-ring (bicyclic) bond motifs is 1. The van der Waals surface area contributed by atoms with Gasteiger partial charge in [-0.15, -0.1) is 5.10 Å². The van der Waals surface area contributed by atoms with Crippen LogP contribution in [-0.4, -0.2) is 61.9 Å². The summed E-state index contributed by atoms with van der Waals surface area (Å²) >= 11 is 3.48. The van der Waals surface area contributed by atoms with Gasteiger partial charge in [-0.05, 0) is 36.8 Å². The summed E-state index contributed by atoms with van der Waals surface area (Å²) in [4.78, 5) is 22.0. The third-order valence-electron chi connectivity index (χ3n) is 5.92. The second-order valence-electron chi connectivity index (χ2n) is 7.98. The van der Waals surface area contributed by atoms with Gasteiger partial charge in [-0.25, -0.2) is 4.68 Å². The smallest absolute Gasteiger partial charge is 0.276 e. The number of piperazine rings is 1. The van der Waals surface area contributed by atoms with Gasteiger partial charge in [-0.3, -0.25) is 14.7 Å². The highest BCUT2D eigenvalue weighted by molar-refractivity contribution is 9.10. The predicted octanol–water partition coefficient (Wildman–Crippen LogP) is 3.84. The zero-order valence-electron chi connectivity index (χ0n) is 17.8. The first-order valence-corrected chi connectivity index (χ1v) is 11.4. The lowest BCUT2D eigenvalue weighted by Gasteiger charge is -2.34. The number of aromatic nitrogens is 4. The number of rotatable bonds is 4. The van der Waals surface area contributed by atoms with E-state index < -0.39 is 0 Å². The molecular formula is C24H23BrN6O. The molecule has 1 saturated heterocycles. The van der Waals surface area contributed by atoms with Crippen molar-refractivity contribution in [1.82, 2.24) is 29.8 Å². The fourth-order valence-corrected chi connectivity index (χ4v) is 4.56. The molecule has 0 bridgehead atoms. The number of halogens is 1. The molecule has 0 atom stereocenters. The predicted molar refractivity (Wildman–Crippen MR) is 127 cm³/mol. The molecule has 2 aromatic carbocycles. The van der Waals surface area contributed by atoms with E-state index in [4.69, 9.17) is 0 Å². The third kappa shape index (κ3) is 4.03. The van der Waals surface area contributed by atoms with Crippen LogP contribution in [0, 0.1) is 6.92 Å². The summed E-state index contributed by atoms with van der Waals surface area (Å²) in [5.74, 6) is -0.0600. The van der Waals surface area contributed by atoms with Crippen molar-refractivity contribution in [3.05, 3.63) is 82.2 Å². The molecule has 0 unspecified atom stereocenters. The molecule has 7 nitrogen and oxygen atoms in total. The van der Waals surface area contributed by atoms with E-state index in [0.29, 0.717) is 18.8 Å². The number of nitrogens with zero attached hydrogens (tertiary/aromatic N) is 6. The normalized spacial score (nSPS) is 14.8. The van der Waals surface area contributed by atoms with Crippen molar-refractivity contribution in [1.29, 1.82) is 0 Å². The zero-order valence-corrected chi connectivity index (χ0v) is 19.4. The third-order valence-corrected chi connectivity index (χ3v) is 6.41. The summed E-state index contributed by atoms with van der Waals surface area (Å²) in [6.45, 7) is 5.67. The lowest BCUT2D eigenvalue weighted by molar-refractivity contribution is 0.0622. The van der Waals surface area contributed by atoms with E-state index in [1.807, 2.05) is 48.4 Å². The Morgan fingerprint density at radius 3 is 2.62 bits per heavy atom. The van der Waals surface area contributed by atoms with Crippen molar-refractivity contribution >= 4 is 32.7 Å². The maximum Gasteiger partial charge on any atom is 0.276 e.